The minimum atomic E-state index is -0.181. The SMILES string of the molecule is C#CCNC(=O)Cn1cc(CO)c2cccnc21. The minimum absolute atomic E-state index is 0.0822. The van der Waals surface area contributed by atoms with Crippen LogP contribution in [-0.2, 0) is 17.9 Å². The predicted octanol–water partition coefficient (Wildman–Crippen LogP) is 0.278. The quantitative estimate of drug-likeness (QED) is 0.758. The van der Waals surface area contributed by atoms with Crippen LogP contribution in [0, 0.1) is 12.3 Å². The summed E-state index contributed by atoms with van der Waals surface area (Å²) in [6.07, 6.45) is 8.45. The van der Waals surface area contributed by atoms with Gasteiger partial charge in [-0.1, -0.05) is 5.92 Å². The lowest BCUT2D eigenvalue weighted by Crippen LogP contribution is -2.27. The van der Waals surface area contributed by atoms with Gasteiger partial charge in [0.25, 0.3) is 0 Å². The van der Waals surface area contributed by atoms with Crippen molar-refractivity contribution in [2.45, 2.75) is 13.2 Å². The first-order valence-electron chi connectivity index (χ1n) is 5.50. The lowest BCUT2D eigenvalue weighted by atomic mass is 10.2. The average molecular weight is 243 g/mol. The molecule has 2 aromatic rings. The van der Waals surface area contributed by atoms with E-state index in [9.17, 15) is 9.90 Å². The minimum Gasteiger partial charge on any atom is -0.392 e. The van der Waals surface area contributed by atoms with Gasteiger partial charge in [0.2, 0.25) is 5.91 Å². The Hall–Kier alpha value is -2.32. The molecular weight excluding hydrogens is 230 g/mol. The Labute approximate surface area is 104 Å². The zero-order valence-electron chi connectivity index (χ0n) is 9.76. The summed E-state index contributed by atoms with van der Waals surface area (Å²) in [5.74, 6) is 2.16. The van der Waals surface area contributed by atoms with Crippen molar-refractivity contribution in [1.82, 2.24) is 14.9 Å². The molecule has 0 atom stereocenters. The Balaban J connectivity index is 2.28. The van der Waals surface area contributed by atoms with Crippen molar-refractivity contribution >= 4 is 16.9 Å². The maximum Gasteiger partial charge on any atom is 0.240 e. The second kappa shape index (κ2) is 5.34. The van der Waals surface area contributed by atoms with Crippen molar-refractivity contribution in [2.24, 2.45) is 0 Å². The number of fused-ring (bicyclic) bond motifs is 1. The second-order valence-electron chi connectivity index (χ2n) is 3.80. The molecule has 0 radical (unpaired) electrons. The molecule has 0 aliphatic carbocycles. The summed E-state index contributed by atoms with van der Waals surface area (Å²) >= 11 is 0. The zero-order chi connectivity index (χ0) is 13.0. The highest BCUT2D eigenvalue weighted by Crippen LogP contribution is 2.18. The topological polar surface area (TPSA) is 67.2 Å². The molecule has 0 saturated heterocycles. The van der Waals surface area contributed by atoms with Gasteiger partial charge in [0, 0.05) is 23.3 Å². The lowest BCUT2D eigenvalue weighted by molar-refractivity contribution is -0.121. The van der Waals surface area contributed by atoms with Crippen LogP contribution >= 0.6 is 0 Å². The van der Waals surface area contributed by atoms with Gasteiger partial charge in [-0.25, -0.2) is 4.98 Å². The zero-order valence-corrected chi connectivity index (χ0v) is 9.76. The van der Waals surface area contributed by atoms with Gasteiger partial charge in [-0.05, 0) is 12.1 Å². The van der Waals surface area contributed by atoms with Crippen LogP contribution < -0.4 is 5.32 Å². The van der Waals surface area contributed by atoms with Gasteiger partial charge < -0.3 is 15.0 Å². The van der Waals surface area contributed by atoms with Crippen molar-refractivity contribution in [3.8, 4) is 12.3 Å². The van der Waals surface area contributed by atoms with Crippen LogP contribution in [0.1, 0.15) is 5.56 Å². The number of carbonyl (C=O) groups excluding carboxylic acids is 1. The van der Waals surface area contributed by atoms with Gasteiger partial charge in [0.15, 0.2) is 0 Å². The van der Waals surface area contributed by atoms with Gasteiger partial charge in [0.1, 0.15) is 12.2 Å². The molecule has 0 saturated carbocycles. The highest BCUT2D eigenvalue weighted by atomic mass is 16.3. The largest absolute Gasteiger partial charge is 0.392 e. The number of rotatable bonds is 4. The van der Waals surface area contributed by atoms with Crippen molar-refractivity contribution < 1.29 is 9.90 Å². The van der Waals surface area contributed by atoms with Gasteiger partial charge in [-0.2, -0.15) is 0 Å². The molecule has 2 rings (SSSR count). The molecule has 5 heteroatoms. The molecule has 2 heterocycles. The van der Waals surface area contributed by atoms with Crippen molar-refractivity contribution in [2.75, 3.05) is 6.54 Å². The summed E-state index contributed by atoms with van der Waals surface area (Å²) in [6.45, 7) is 0.259. The molecule has 92 valence electrons. The number of nitrogens with one attached hydrogen (secondary N) is 1. The second-order valence-corrected chi connectivity index (χ2v) is 3.80. The molecule has 0 spiro atoms. The fraction of sp³-hybridized carbons (Fsp3) is 0.231. The normalized spacial score (nSPS) is 10.2. The van der Waals surface area contributed by atoms with E-state index in [0.717, 1.165) is 10.9 Å². The monoisotopic (exact) mass is 243 g/mol. The Morgan fingerprint density at radius 3 is 3.17 bits per heavy atom. The fourth-order valence-corrected chi connectivity index (χ4v) is 1.80. The summed E-state index contributed by atoms with van der Waals surface area (Å²) in [5.41, 5.74) is 1.43. The maximum atomic E-state index is 11.6. The lowest BCUT2D eigenvalue weighted by Gasteiger charge is -2.04. The molecule has 1 amide bonds. The molecule has 0 aliphatic rings. The molecule has 0 aliphatic heterocycles. The standard InChI is InChI=1S/C13H13N3O2/c1-2-5-14-12(18)8-16-7-10(9-17)11-4-3-6-15-13(11)16/h1,3-4,6-7,17H,5,8-9H2,(H,14,18). The van der Waals surface area contributed by atoms with Gasteiger partial charge in [-0.3, -0.25) is 4.79 Å². The molecule has 2 aromatic heterocycles. The molecule has 0 bridgehead atoms. The maximum absolute atomic E-state index is 11.6. The van der Waals surface area contributed by atoms with E-state index in [2.05, 4.69) is 16.2 Å². The molecule has 2 N–H and O–H groups in total. The van der Waals surface area contributed by atoms with E-state index < -0.39 is 0 Å². The van der Waals surface area contributed by atoms with E-state index in [4.69, 9.17) is 6.42 Å². The molecule has 5 nitrogen and oxygen atoms in total. The Morgan fingerprint density at radius 1 is 1.61 bits per heavy atom. The first-order chi connectivity index (χ1) is 8.76. The number of aliphatic hydroxyl groups is 1. The van der Waals surface area contributed by atoms with Crippen molar-refractivity contribution in [1.29, 1.82) is 0 Å². The Bertz CT molecular complexity index is 610. The van der Waals surface area contributed by atoms with Gasteiger partial charge >= 0.3 is 0 Å². The smallest absolute Gasteiger partial charge is 0.240 e. The third-order valence-electron chi connectivity index (χ3n) is 2.59. The van der Waals surface area contributed by atoms with Crippen molar-refractivity contribution in [3.63, 3.8) is 0 Å². The number of terminal acetylenes is 1. The van der Waals surface area contributed by atoms with Crippen LogP contribution in [0.3, 0.4) is 0 Å². The van der Waals surface area contributed by atoms with E-state index in [1.165, 1.54) is 0 Å². The van der Waals surface area contributed by atoms with E-state index in [-0.39, 0.29) is 25.6 Å². The van der Waals surface area contributed by atoms with Gasteiger partial charge in [0.05, 0.1) is 13.2 Å². The van der Waals surface area contributed by atoms with Crippen LogP contribution in [0.5, 0.6) is 0 Å². The molecular formula is C13H13N3O2. The Kier molecular flexibility index (Phi) is 3.60. The van der Waals surface area contributed by atoms with Crippen LogP contribution in [0.2, 0.25) is 0 Å². The van der Waals surface area contributed by atoms with Crippen LogP contribution in [0.4, 0.5) is 0 Å². The molecule has 0 aromatic carbocycles. The predicted molar refractivity (Wildman–Crippen MR) is 67.5 cm³/mol. The van der Waals surface area contributed by atoms with E-state index in [0.29, 0.717) is 5.65 Å². The first-order valence-corrected chi connectivity index (χ1v) is 5.50. The number of aliphatic hydroxyl groups excluding tert-OH is 1. The first kappa shape index (κ1) is 12.1. The summed E-state index contributed by atoms with van der Waals surface area (Å²) in [6, 6.07) is 3.66. The molecule has 0 unspecified atom stereocenters. The number of carbonyl (C=O) groups is 1. The van der Waals surface area contributed by atoms with Gasteiger partial charge in [-0.15, -0.1) is 6.42 Å². The highest BCUT2D eigenvalue weighted by Gasteiger charge is 2.10. The Morgan fingerprint density at radius 2 is 2.44 bits per heavy atom. The fourth-order valence-electron chi connectivity index (χ4n) is 1.80. The van der Waals surface area contributed by atoms with Crippen LogP contribution in [-0.4, -0.2) is 27.1 Å². The average Bonchev–Trinajstić information content (AvgIpc) is 2.75. The number of aromatic nitrogens is 2. The summed E-state index contributed by atoms with van der Waals surface area (Å²) in [7, 11) is 0. The molecule has 0 fully saturated rings. The van der Waals surface area contributed by atoms with Crippen LogP contribution in [0.25, 0.3) is 11.0 Å². The highest BCUT2D eigenvalue weighted by molar-refractivity contribution is 5.83. The third kappa shape index (κ3) is 2.34. The number of nitrogens with zero attached hydrogens (tertiary/aromatic N) is 2. The van der Waals surface area contributed by atoms with E-state index >= 15 is 0 Å². The summed E-state index contributed by atoms with van der Waals surface area (Å²) in [4.78, 5) is 15.8. The van der Waals surface area contributed by atoms with Crippen LogP contribution in [0.15, 0.2) is 24.5 Å². The number of hydrogen-bond acceptors (Lipinski definition) is 3. The number of hydrogen-bond donors (Lipinski definition) is 2. The third-order valence-corrected chi connectivity index (χ3v) is 2.59. The van der Waals surface area contributed by atoms with Crippen molar-refractivity contribution in [3.05, 3.63) is 30.1 Å². The number of amides is 1. The van der Waals surface area contributed by atoms with E-state index in [1.54, 1.807) is 23.0 Å². The summed E-state index contributed by atoms with van der Waals surface area (Å²) in [5, 5.41) is 12.7. The molecule has 18 heavy (non-hydrogen) atoms. The summed E-state index contributed by atoms with van der Waals surface area (Å²) < 4.78 is 1.70. The van der Waals surface area contributed by atoms with E-state index in [1.807, 2.05) is 6.07 Å². The number of pyridine rings is 1.